The molecule has 0 unspecified atom stereocenters. The van der Waals surface area contributed by atoms with Gasteiger partial charge in [-0.05, 0) is 32.1 Å². The van der Waals surface area contributed by atoms with E-state index in [2.05, 4.69) is 5.32 Å². The summed E-state index contributed by atoms with van der Waals surface area (Å²) < 4.78 is 0. The minimum absolute atomic E-state index is 0.113. The molecule has 0 saturated heterocycles. The molecule has 4 heteroatoms. The molecule has 0 bridgehead atoms. The van der Waals surface area contributed by atoms with Crippen molar-refractivity contribution in [3.05, 3.63) is 0 Å². The van der Waals surface area contributed by atoms with E-state index in [4.69, 9.17) is 10.8 Å². The van der Waals surface area contributed by atoms with Gasteiger partial charge in [0.05, 0.1) is 0 Å². The van der Waals surface area contributed by atoms with Crippen LogP contribution in [0.5, 0.6) is 0 Å². The van der Waals surface area contributed by atoms with Crippen molar-refractivity contribution in [2.24, 2.45) is 11.7 Å². The highest BCUT2D eigenvalue weighted by molar-refractivity contribution is 5.64. The lowest BCUT2D eigenvalue weighted by molar-refractivity contribution is 0.179. The van der Waals surface area contributed by atoms with Gasteiger partial charge in [-0.15, -0.1) is 0 Å². The minimum Gasteiger partial charge on any atom is -0.465 e. The maximum absolute atomic E-state index is 10.4. The molecule has 0 spiro atoms. The third kappa shape index (κ3) is 3.22. The smallest absolute Gasteiger partial charge is 0.404 e. The van der Waals surface area contributed by atoms with Gasteiger partial charge in [0.15, 0.2) is 0 Å². The third-order valence-corrected chi connectivity index (χ3v) is 2.79. The standard InChI is InChI=1S/C9H18N2O2/c1-6(10)7-3-2-4-8(5-7)11-9(12)13/h6-8,11H,2-5,10H2,1H3,(H,12,13)/t6-,7+,8-/m0/s1. The zero-order valence-electron chi connectivity index (χ0n) is 7.99. The molecule has 3 atom stereocenters. The van der Waals surface area contributed by atoms with E-state index in [1.54, 1.807) is 0 Å². The van der Waals surface area contributed by atoms with Gasteiger partial charge in [0.2, 0.25) is 0 Å². The molecule has 0 aromatic carbocycles. The quantitative estimate of drug-likeness (QED) is 0.605. The summed E-state index contributed by atoms with van der Waals surface area (Å²) in [4.78, 5) is 10.4. The van der Waals surface area contributed by atoms with Crippen LogP contribution in [-0.2, 0) is 0 Å². The summed E-state index contributed by atoms with van der Waals surface area (Å²) in [6, 6.07) is 0.292. The van der Waals surface area contributed by atoms with Gasteiger partial charge >= 0.3 is 6.09 Å². The second kappa shape index (κ2) is 4.46. The van der Waals surface area contributed by atoms with Gasteiger partial charge < -0.3 is 16.2 Å². The average molecular weight is 186 g/mol. The van der Waals surface area contributed by atoms with Crippen LogP contribution in [0.4, 0.5) is 4.79 Å². The molecule has 1 aliphatic carbocycles. The number of hydrogen-bond donors (Lipinski definition) is 3. The molecule has 1 fully saturated rings. The molecule has 4 N–H and O–H groups in total. The monoisotopic (exact) mass is 186 g/mol. The fourth-order valence-corrected chi connectivity index (χ4v) is 2.01. The van der Waals surface area contributed by atoms with Gasteiger partial charge in [-0.3, -0.25) is 0 Å². The molecule has 0 heterocycles. The lowest BCUT2D eigenvalue weighted by Gasteiger charge is -2.31. The minimum atomic E-state index is -0.921. The molecule has 0 radical (unpaired) electrons. The van der Waals surface area contributed by atoms with Crippen molar-refractivity contribution in [2.75, 3.05) is 0 Å². The van der Waals surface area contributed by atoms with E-state index >= 15 is 0 Å². The van der Waals surface area contributed by atoms with E-state index in [0.29, 0.717) is 5.92 Å². The van der Waals surface area contributed by atoms with Crippen molar-refractivity contribution in [3.63, 3.8) is 0 Å². The summed E-state index contributed by atoms with van der Waals surface area (Å²) in [6.45, 7) is 1.99. The van der Waals surface area contributed by atoms with Gasteiger partial charge in [-0.2, -0.15) is 0 Å². The number of nitrogens with two attached hydrogens (primary N) is 1. The Hall–Kier alpha value is -0.770. The maximum atomic E-state index is 10.4. The van der Waals surface area contributed by atoms with Crippen LogP contribution in [0, 0.1) is 5.92 Å². The molecule has 13 heavy (non-hydrogen) atoms. The molecule has 1 amide bonds. The van der Waals surface area contributed by atoms with E-state index in [0.717, 1.165) is 25.7 Å². The molecule has 4 nitrogen and oxygen atoms in total. The third-order valence-electron chi connectivity index (χ3n) is 2.79. The van der Waals surface area contributed by atoms with Crippen molar-refractivity contribution >= 4 is 6.09 Å². The van der Waals surface area contributed by atoms with Crippen molar-refractivity contribution in [1.82, 2.24) is 5.32 Å². The molecular weight excluding hydrogens is 168 g/mol. The Morgan fingerprint density at radius 2 is 2.31 bits per heavy atom. The zero-order chi connectivity index (χ0) is 9.84. The molecule has 0 aromatic rings. The Bertz CT molecular complexity index is 182. The van der Waals surface area contributed by atoms with Gasteiger partial charge in [-0.25, -0.2) is 4.79 Å². The van der Waals surface area contributed by atoms with E-state index < -0.39 is 6.09 Å². The van der Waals surface area contributed by atoms with Crippen molar-refractivity contribution in [3.8, 4) is 0 Å². The van der Waals surface area contributed by atoms with E-state index in [1.807, 2.05) is 6.92 Å². The predicted molar refractivity (Wildman–Crippen MR) is 50.6 cm³/mol. The van der Waals surface area contributed by atoms with Gasteiger partial charge in [0.1, 0.15) is 0 Å². The second-order valence-corrected chi connectivity index (χ2v) is 3.93. The molecule has 0 aliphatic heterocycles. The number of hydrogen-bond acceptors (Lipinski definition) is 2. The Morgan fingerprint density at radius 3 is 2.85 bits per heavy atom. The van der Waals surface area contributed by atoms with Crippen molar-refractivity contribution in [1.29, 1.82) is 0 Å². The van der Waals surface area contributed by atoms with Crippen LogP contribution in [0.3, 0.4) is 0 Å². The van der Waals surface area contributed by atoms with E-state index in [1.165, 1.54) is 0 Å². The van der Waals surface area contributed by atoms with Crippen LogP contribution >= 0.6 is 0 Å². The predicted octanol–water partition coefficient (Wildman–Crippen LogP) is 1.16. The Kier molecular flexibility index (Phi) is 3.54. The lowest BCUT2D eigenvalue weighted by Crippen LogP contribution is -2.41. The molecule has 1 aliphatic rings. The summed E-state index contributed by atoms with van der Waals surface area (Å²) >= 11 is 0. The first-order valence-corrected chi connectivity index (χ1v) is 4.84. The molecule has 0 aromatic heterocycles. The summed E-state index contributed by atoms with van der Waals surface area (Å²) in [6.07, 6.45) is 3.14. The number of carboxylic acid groups (broad SMARTS) is 1. The van der Waals surface area contributed by atoms with Crippen LogP contribution in [0.1, 0.15) is 32.6 Å². The Balaban J connectivity index is 2.37. The highest BCUT2D eigenvalue weighted by atomic mass is 16.4. The van der Waals surface area contributed by atoms with Crippen LogP contribution in [-0.4, -0.2) is 23.3 Å². The largest absolute Gasteiger partial charge is 0.465 e. The molecule has 1 rings (SSSR count). The number of carbonyl (C=O) groups is 1. The number of amides is 1. The van der Waals surface area contributed by atoms with Gasteiger partial charge in [0, 0.05) is 12.1 Å². The highest BCUT2D eigenvalue weighted by Crippen LogP contribution is 2.25. The number of rotatable bonds is 2. The fourth-order valence-electron chi connectivity index (χ4n) is 2.01. The normalized spacial score (nSPS) is 30.9. The van der Waals surface area contributed by atoms with Crippen molar-refractivity contribution in [2.45, 2.75) is 44.7 Å². The van der Waals surface area contributed by atoms with Crippen LogP contribution in [0.2, 0.25) is 0 Å². The first-order valence-electron chi connectivity index (χ1n) is 4.84. The average Bonchev–Trinajstić information content (AvgIpc) is 2.03. The second-order valence-electron chi connectivity index (χ2n) is 3.93. The molecular formula is C9H18N2O2. The van der Waals surface area contributed by atoms with Gasteiger partial charge in [0.25, 0.3) is 0 Å². The van der Waals surface area contributed by atoms with E-state index in [-0.39, 0.29) is 12.1 Å². The Morgan fingerprint density at radius 1 is 1.62 bits per heavy atom. The number of nitrogens with one attached hydrogen (secondary N) is 1. The fraction of sp³-hybridized carbons (Fsp3) is 0.889. The highest BCUT2D eigenvalue weighted by Gasteiger charge is 2.25. The Labute approximate surface area is 78.5 Å². The first kappa shape index (κ1) is 10.3. The molecule has 76 valence electrons. The lowest BCUT2D eigenvalue weighted by atomic mass is 9.82. The summed E-state index contributed by atoms with van der Waals surface area (Å²) in [5.74, 6) is 0.477. The van der Waals surface area contributed by atoms with Crippen molar-refractivity contribution < 1.29 is 9.90 Å². The zero-order valence-corrected chi connectivity index (χ0v) is 7.99. The summed E-state index contributed by atoms with van der Waals surface area (Å²) in [5.41, 5.74) is 5.78. The maximum Gasteiger partial charge on any atom is 0.404 e. The van der Waals surface area contributed by atoms with Crippen LogP contribution in [0.15, 0.2) is 0 Å². The summed E-state index contributed by atoms with van der Waals surface area (Å²) in [5, 5.41) is 11.1. The first-order chi connectivity index (χ1) is 6.09. The molecule has 1 saturated carbocycles. The van der Waals surface area contributed by atoms with Crippen LogP contribution < -0.4 is 11.1 Å². The topological polar surface area (TPSA) is 75.3 Å². The SMILES string of the molecule is C[C@H](N)[C@@H]1CCC[C@H](NC(=O)O)C1. The van der Waals surface area contributed by atoms with Crippen LogP contribution in [0.25, 0.3) is 0 Å². The summed E-state index contributed by atoms with van der Waals surface area (Å²) in [7, 11) is 0. The van der Waals surface area contributed by atoms with Gasteiger partial charge in [-0.1, -0.05) is 6.42 Å². The van der Waals surface area contributed by atoms with E-state index in [9.17, 15) is 4.79 Å².